The summed E-state index contributed by atoms with van der Waals surface area (Å²) in [5.74, 6) is 0. The standard InChI is InChI=1S/C14H15F3N2S/c1-10-19-12(9-20-10)7-8-18-13(14(15,16)17)11-5-3-2-4-6-11/h2-6,9,13,18H,7-8H2,1H3. The second-order valence-corrected chi connectivity index (χ2v) is 5.51. The van der Waals surface area contributed by atoms with E-state index in [1.165, 1.54) is 23.5 Å². The van der Waals surface area contributed by atoms with Gasteiger partial charge in [0, 0.05) is 18.3 Å². The van der Waals surface area contributed by atoms with E-state index in [0.717, 1.165) is 10.7 Å². The summed E-state index contributed by atoms with van der Waals surface area (Å²) >= 11 is 1.50. The third kappa shape index (κ3) is 4.05. The van der Waals surface area contributed by atoms with E-state index < -0.39 is 12.2 Å². The molecule has 0 aliphatic heterocycles. The maximum Gasteiger partial charge on any atom is 0.407 e. The Bertz CT molecular complexity index is 537. The molecule has 0 saturated carbocycles. The molecular formula is C14H15F3N2S. The van der Waals surface area contributed by atoms with Crippen LogP contribution in [0.25, 0.3) is 0 Å². The Morgan fingerprint density at radius 2 is 1.95 bits per heavy atom. The predicted octanol–water partition coefficient (Wildman–Crippen LogP) is 3.89. The Balaban J connectivity index is 1.99. The normalized spacial score (nSPS) is 13.4. The Morgan fingerprint density at radius 1 is 1.25 bits per heavy atom. The summed E-state index contributed by atoms with van der Waals surface area (Å²) < 4.78 is 39.2. The maximum absolute atomic E-state index is 13.1. The Morgan fingerprint density at radius 3 is 2.50 bits per heavy atom. The predicted molar refractivity (Wildman–Crippen MR) is 73.8 cm³/mol. The van der Waals surface area contributed by atoms with Crippen LogP contribution in [-0.2, 0) is 6.42 Å². The van der Waals surface area contributed by atoms with Crippen molar-refractivity contribution in [1.82, 2.24) is 10.3 Å². The second-order valence-electron chi connectivity index (χ2n) is 4.45. The molecule has 2 nitrogen and oxygen atoms in total. The van der Waals surface area contributed by atoms with Gasteiger partial charge in [-0.3, -0.25) is 0 Å². The molecule has 0 aliphatic carbocycles. The number of nitrogens with zero attached hydrogens (tertiary/aromatic N) is 1. The van der Waals surface area contributed by atoms with Crippen molar-refractivity contribution in [3.05, 3.63) is 52.0 Å². The first kappa shape index (κ1) is 15.0. The Hall–Kier alpha value is -1.40. The molecule has 0 spiro atoms. The topological polar surface area (TPSA) is 24.9 Å². The van der Waals surface area contributed by atoms with E-state index in [1.54, 1.807) is 18.2 Å². The molecule has 108 valence electrons. The molecule has 6 heteroatoms. The van der Waals surface area contributed by atoms with E-state index in [4.69, 9.17) is 0 Å². The molecule has 1 atom stereocenters. The van der Waals surface area contributed by atoms with Crippen LogP contribution in [0.15, 0.2) is 35.7 Å². The van der Waals surface area contributed by atoms with E-state index in [-0.39, 0.29) is 12.1 Å². The van der Waals surface area contributed by atoms with Gasteiger partial charge >= 0.3 is 6.18 Å². The van der Waals surface area contributed by atoms with Crippen molar-refractivity contribution in [2.45, 2.75) is 25.6 Å². The van der Waals surface area contributed by atoms with Crippen molar-refractivity contribution < 1.29 is 13.2 Å². The van der Waals surface area contributed by atoms with Gasteiger partial charge < -0.3 is 5.32 Å². The molecule has 2 aromatic rings. The Kier molecular flexibility index (Phi) is 4.77. The van der Waals surface area contributed by atoms with E-state index in [1.807, 2.05) is 12.3 Å². The highest BCUT2D eigenvalue weighted by molar-refractivity contribution is 7.09. The first-order valence-corrected chi connectivity index (χ1v) is 7.11. The van der Waals surface area contributed by atoms with Crippen LogP contribution in [0.1, 0.15) is 22.3 Å². The number of aryl methyl sites for hydroxylation is 1. The number of alkyl halides is 3. The SMILES string of the molecule is Cc1nc(CCNC(c2ccccc2)C(F)(F)F)cs1. The van der Waals surface area contributed by atoms with Gasteiger partial charge in [-0.25, -0.2) is 4.98 Å². The van der Waals surface area contributed by atoms with Gasteiger partial charge in [0.1, 0.15) is 6.04 Å². The summed E-state index contributed by atoms with van der Waals surface area (Å²) in [6.07, 6.45) is -3.82. The average molecular weight is 300 g/mol. The molecule has 0 bridgehead atoms. The molecule has 1 aromatic heterocycles. The first-order valence-electron chi connectivity index (χ1n) is 6.23. The van der Waals surface area contributed by atoms with E-state index in [2.05, 4.69) is 10.3 Å². The van der Waals surface area contributed by atoms with Crippen LogP contribution < -0.4 is 5.32 Å². The number of hydrogen-bond donors (Lipinski definition) is 1. The summed E-state index contributed by atoms with van der Waals surface area (Å²) in [7, 11) is 0. The second kappa shape index (κ2) is 6.37. The lowest BCUT2D eigenvalue weighted by atomic mass is 10.1. The van der Waals surface area contributed by atoms with Crippen LogP contribution in [0.5, 0.6) is 0 Å². The zero-order chi connectivity index (χ0) is 14.6. The van der Waals surface area contributed by atoms with Gasteiger partial charge in [0.2, 0.25) is 0 Å². The van der Waals surface area contributed by atoms with Crippen molar-refractivity contribution in [1.29, 1.82) is 0 Å². The molecule has 0 saturated heterocycles. The fraction of sp³-hybridized carbons (Fsp3) is 0.357. The van der Waals surface area contributed by atoms with Crippen molar-refractivity contribution >= 4 is 11.3 Å². The van der Waals surface area contributed by atoms with Gasteiger partial charge in [0.05, 0.1) is 10.7 Å². The largest absolute Gasteiger partial charge is 0.407 e. The third-order valence-electron chi connectivity index (χ3n) is 2.86. The highest BCUT2D eigenvalue weighted by Crippen LogP contribution is 2.32. The number of hydrogen-bond acceptors (Lipinski definition) is 3. The van der Waals surface area contributed by atoms with Gasteiger partial charge in [-0.2, -0.15) is 13.2 Å². The molecule has 0 aliphatic rings. The number of benzene rings is 1. The lowest BCUT2D eigenvalue weighted by Crippen LogP contribution is -2.35. The molecule has 2 rings (SSSR count). The smallest absolute Gasteiger partial charge is 0.302 e. The number of nitrogens with one attached hydrogen (secondary N) is 1. The lowest BCUT2D eigenvalue weighted by molar-refractivity contribution is -0.157. The first-order chi connectivity index (χ1) is 9.47. The van der Waals surface area contributed by atoms with Crippen LogP contribution in [0, 0.1) is 6.92 Å². The molecule has 0 radical (unpaired) electrons. The van der Waals surface area contributed by atoms with Crippen LogP contribution in [0.3, 0.4) is 0 Å². The Labute approximate surface area is 119 Å². The minimum atomic E-state index is -4.31. The molecular weight excluding hydrogens is 285 g/mol. The molecule has 0 amide bonds. The highest BCUT2D eigenvalue weighted by atomic mass is 32.1. The maximum atomic E-state index is 13.1. The number of aromatic nitrogens is 1. The number of rotatable bonds is 5. The fourth-order valence-corrected chi connectivity index (χ4v) is 2.58. The summed E-state index contributed by atoms with van der Waals surface area (Å²) in [4.78, 5) is 4.24. The minimum Gasteiger partial charge on any atom is -0.302 e. The summed E-state index contributed by atoms with van der Waals surface area (Å²) in [6, 6.07) is 6.26. The van der Waals surface area contributed by atoms with E-state index in [9.17, 15) is 13.2 Å². The fourth-order valence-electron chi connectivity index (χ4n) is 1.94. The third-order valence-corrected chi connectivity index (χ3v) is 3.68. The summed E-state index contributed by atoms with van der Waals surface area (Å²) in [5.41, 5.74) is 1.06. The molecule has 1 unspecified atom stereocenters. The van der Waals surface area contributed by atoms with Gasteiger partial charge in [-0.15, -0.1) is 11.3 Å². The molecule has 20 heavy (non-hydrogen) atoms. The van der Waals surface area contributed by atoms with Crippen LogP contribution in [0.2, 0.25) is 0 Å². The van der Waals surface area contributed by atoms with E-state index in [0.29, 0.717) is 6.42 Å². The van der Waals surface area contributed by atoms with Crippen molar-refractivity contribution in [2.75, 3.05) is 6.54 Å². The van der Waals surface area contributed by atoms with Crippen molar-refractivity contribution in [3.8, 4) is 0 Å². The zero-order valence-electron chi connectivity index (χ0n) is 10.9. The molecule has 1 N–H and O–H groups in total. The van der Waals surface area contributed by atoms with Crippen LogP contribution in [0.4, 0.5) is 13.2 Å². The van der Waals surface area contributed by atoms with Gasteiger partial charge in [-0.05, 0) is 12.5 Å². The minimum absolute atomic E-state index is 0.231. The van der Waals surface area contributed by atoms with Gasteiger partial charge in [0.25, 0.3) is 0 Å². The quantitative estimate of drug-likeness (QED) is 0.906. The number of thiazole rings is 1. The lowest BCUT2D eigenvalue weighted by Gasteiger charge is -2.22. The highest BCUT2D eigenvalue weighted by Gasteiger charge is 2.40. The van der Waals surface area contributed by atoms with Crippen LogP contribution >= 0.6 is 11.3 Å². The number of halogens is 3. The summed E-state index contributed by atoms with van der Waals surface area (Å²) in [6.45, 7) is 2.12. The average Bonchev–Trinajstić information content (AvgIpc) is 2.80. The molecule has 1 aromatic carbocycles. The van der Waals surface area contributed by atoms with E-state index >= 15 is 0 Å². The molecule has 1 heterocycles. The van der Waals surface area contributed by atoms with Gasteiger partial charge in [0.15, 0.2) is 0 Å². The zero-order valence-corrected chi connectivity index (χ0v) is 11.8. The van der Waals surface area contributed by atoms with Crippen molar-refractivity contribution in [2.24, 2.45) is 0 Å². The van der Waals surface area contributed by atoms with Gasteiger partial charge in [-0.1, -0.05) is 30.3 Å². The molecule has 0 fully saturated rings. The summed E-state index contributed by atoms with van der Waals surface area (Å²) in [5, 5.41) is 5.38. The van der Waals surface area contributed by atoms with Crippen molar-refractivity contribution in [3.63, 3.8) is 0 Å². The van der Waals surface area contributed by atoms with Crippen LogP contribution in [-0.4, -0.2) is 17.7 Å². The monoisotopic (exact) mass is 300 g/mol.